The smallest absolute Gasteiger partial charge is 0.406 e. The van der Waals surface area contributed by atoms with Crippen molar-refractivity contribution in [3.05, 3.63) is 58.2 Å². The Balaban J connectivity index is 0.923. The molecule has 72 heavy (non-hydrogen) atoms. The molecule has 0 unspecified atom stereocenters. The van der Waals surface area contributed by atoms with Gasteiger partial charge in [-0.15, -0.1) is 11.3 Å². The molecule has 6 fully saturated rings. The van der Waals surface area contributed by atoms with Crippen molar-refractivity contribution in [3.63, 3.8) is 0 Å². The molecule has 1 aromatic carbocycles. The standard InChI is InChI=1S/C53H66F3N9O6S/c1-30(2)42-34(11-7-17-57-42)46-36-23-51(3,4)29-70-50(69)37-12-8-18-65(61-37)48(67)38(22-41-58-39(24-72-41)33-15-16-40(35(36)21-33)64(46)28-53(54,55)56)59-47(66)45(32-9-5-6-10-32)62-19-20-71-52(25-62)26-63(27-52)49(68)44-43(60-44)31-13-14-31/h7,11,15-17,21,24,30-32,37-38,43-45,60-61H,5-6,8-10,12-14,18-20,22-23,25-29H2,1-4H3,(H,59,66)/t37-,38-,43+,44+,45-/m0/s1. The molecule has 7 aliphatic rings. The molecular weight excluding hydrogens is 948 g/mol. The predicted molar refractivity (Wildman–Crippen MR) is 264 cm³/mol. The van der Waals surface area contributed by atoms with E-state index in [4.69, 9.17) is 14.5 Å². The van der Waals surface area contributed by atoms with Crippen LogP contribution in [0.25, 0.3) is 33.4 Å². The van der Waals surface area contributed by atoms with Crippen LogP contribution < -0.4 is 16.1 Å². The predicted octanol–water partition coefficient (Wildman–Crippen LogP) is 6.38. The number of carbonyl (C=O) groups is 4. The number of rotatable bonds is 9. The Morgan fingerprint density at radius 1 is 1.01 bits per heavy atom. The summed E-state index contributed by atoms with van der Waals surface area (Å²) in [4.78, 5) is 71.2. The lowest BCUT2D eigenvalue weighted by Gasteiger charge is -2.55. The minimum atomic E-state index is -4.55. The van der Waals surface area contributed by atoms with Gasteiger partial charge in [0, 0.05) is 71.1 Å². The summed E-state index contributed by atoms with van der Waals surface area (Å²) < 4.78 is 57.9. The normalized spacial score (nSPS) is 26.4. The second-order valence-electron chi connectivity index (χ2n) is 22.7. The van der Waals surface area contributed by atoms with Crippen LogP contribution in [0.1, 0.15) is 101 Å². The van der Waals surface area contributed by atoms with Gasteiger partial charge in [-0.2, -0.15) is 13.2 Å². The van der Waals surface area contributed by atoms with Crippen molar-refractivity contribution < 1.29 is 41.8 Å². The first-order valence-corrected chi connectivity index (χ1v) is 26.9. The Labute approximate surface area is 421 Å². The monoisotopic (exact) mass is 1010 g/mol. The number of nitrogens with one attached hydrogen (secondary N) is 3. The van der Waals surface area contributed by atoms with Gasteiger partial charge >= 0.3 is 12.1 Å². The van der Waals surface area contributed by atoms with Crippen molar-refractivity contribution in [1.29, 1.82) is 0 Å². The van der Waals surface area contributed by atoms with Gasteiger partial charge < -0.3 is 24.3 Å². The van der Waals surface area contributed by atoms with E-state index in [1.54, 1.807) is 24.4 Å². The van der Waals surface area contributed by atoms with E-state index in [2.05, 4.69) is 25.9 Å². The van der Waals surface area contributed by atoms with Crippen LogP contribution in [0, 0.1) is 17.3 Å². The Hall–Kier alpha value is -4.95. The molecule has 19 heteroatoms. The second-order valence-corrected chi connectivity index (χ2v) is 23.6. The third kappa shape index (κ3) is 9.92. The van der Waals surface area contributed by atoms with Crippen molar-refractivity contribution in [3.8, 4) is 22.5 Å². The molecule has 1 spiro atoms. The maximum Gasteiger partial charge on any atom is 0.406 e. The first kappa shape index (κ1) is 49.3. The molecule has 5 atom stereocenters. The molecule has 3 aromatic heterocycles. The van der Waals surface area contributed by atoms with Crippen molar-refractivity contribution in [1.82, 2.24) is 45.4 Å². The number of ether oxygens (including phenoxy) is 2. The van der Waals surface area contributed by atoms with Gasteiger partial charge in [0.15, 0.2) is 0 Å². The number of fused-ring (bicyclic) bond motifs is 6. The van der Waals surface area contributed by atoms with E-state index in [-0.39, 0.29) is 55.2 Å². The summed E-state index contributed by atoms with van der Waals surface area (Å²) in [6.45, 7) is 9.26. The number of hydrogen-bond donors (Lipinski definition) is 3. The molecule has 11 rings (SSSR count). The van der Waals surface area contributed by atoms with Crippen molar-refractivity contribution in [2.75, 3.05) is 45.9 Å². The summed E-state index contributed by atoms with van der Waals surface area (Å²) >= 11 is 1.35. The zero-order valence-electron chi connectivity index (χ0n) is 41.6. The van der Waals surface area contributed by atoms with E-state index in [1.165, 1.54) is 33.8 Å². The van der Waals surface area contributed by atoms with Crippen molar-refractivity contribution in [2.45, 2.75) is 146 Å². The van der Waals surface area contributed by atoms with E-state index in [1.807, 2.05) is 50.1 Å². The average Bonchev–Trinajstić information content (AvgIpc) is 4.21. The SMILES string of the molecule is CC(C)c1ncccc1-c1c2c3cc(ccc3n1CC(F)(F)F)-c1csc(n1)C[C@H](NC(=O)[C@H](C1CCCC1)N1CCOC3(CN(C(=O)[C@@H]4N[C@@H]4C4CC4)C3)C1)C(=O)N1CCC[C@H](N1)C(=O)OCC(C)(C)C2. The van der Waals surface area contributed by atoms with Gasteiger partial charge in [-0.3, -0.25) is 39.4 Å². The minimum Gasteiger partial charge on any atom is -0.464 e. The summed E-state index contributed by atoms with van der Waals surface area (Å²) in [5, 5.41) is 11.1. The minimum absolute atomic E-state index is 0.0421. The quantitative estimate of drug-likeness (QED) is 0.126. The van der Waals surface area contributed by atoms with E-state index in [0.717, 1.165) is 25.7 Å². The number of amides is 3. The number of carbonyl (C=O) groups excluding carboxylic acids is 4. The van der Waals surface area contributed by atoms with Crippen LogP contribution >= 0.6 is 11.3 Å². The number of cyclic esters (lactones) is 1. The Kier molecular flexibility index (Phi) is 13.1. The van der Waals surface area contributed by atoms with Gasteiger partial charge in [-0.05, 0) is 92.5 Å². The fourth-order valence-corrected chi connectivity index (χ4v) is 13.2. The summed E-state index contributed by atoms with van der Waals surface area (Å²) in [6.07, 6.45) is 4.47. The number of hydrogen-bond acceptors (Lipinski definition) is 12. The lowest BCUT2D eigenvalue weighted by molar-refractivity contribution is -0.197. The lowest BCUT2D eigenvalue weighted by Crippen LogP contribution is -2.73. The van der Waals surface area contributed by atoms with E-state index in [9.17, 15) is 27.6 Å². The zero-order valence-corrected chi connectivity index (χ0v) is 42.4. The number of benzene rings is 1. The van der Waals surface area contributed by atoms with Crippen molar-refractivity contribution >= 4 is 45.9 Å². The number of hydrazine groups is 1. The van der Waals surface area contributed by atoms with Gasteiger partial charge in [0.2, 0.25) is 11.8 Å². The average molecular weight is 1010 g/mol. The van der Waals surface area contributed by atoms with Crippen LogP contribution in [-0.4, -0.2) is 141 Å². The van der Waals surface area contributed by atoms with E-state index >= 15 is 4.79 Å². The number of esters is 1. The third-order valence-electron chi connectivity index (χ3n) is 16.1. The maximum atomic E-state index is 15.1. The molecule has 15 nitrogen and oxygen atoms in total. The molecule has 0 radical (unpaired) electrons. The molecule has 3 amide bonds. The molecule has 4 aromatic rings. The summed E-state index contributed by atoms with van der Waals surface area (Å²) in [5.41, 5.74) is 5.90. The molecule has 5 aliphatic heterocycles. The third-order valence-corrected chi connectivity index (χ3v) is 16.9. The number of nitrogens with zero attached hydrogens (tertiary/aromatic N) is 6. The number of pyridine rings is 1. The van der Waals surface area contributed by atoms with Crippen LogP contribution in [-0.2, 0) is 48.0 Å². The topological polar surface area (TPSA) is 173 Å². The fraction of sp³-hybridized carbons (Fsp3) is 0.623. The molecule has 3 N–H and O–H groups in total. The van der Waals surface area contributed by atoms with Gasteiger partial charge in [-0.25, -0.2) is 10.4 Å². The first-order chi connectivity index (χ1) is 34.4. The van der Waals surface area contributed by atoms with E-state index in [0.29, 0.717) is 108 Å². The molecule has 2 saturated carbocycles. The van der Waals surface area contributed by atoms with Crippen LogP contribution in [0.2, 0.25) is 0 Å². The van der Waals surface area contributed by atoms with Crippen molar-refractivity contribution in [2.24, 2.45) is 17.3 Å². The number of alkyl halides is 3. The largest absolute Gasteiger partial charge is 0.464 e. The van der Waals surface area contributed by atoms with Crippen LogP contribution in [0.15, 0.2) is 41.9 Å². The summed E-state index contributed by atoms with van der Waals surface area (Å²) in [7, 11) is 0. The highest BCUT2D eigenvalue weighted by Crippen LogP contribution is 2.44. The second kappa shape index (κ2) is 19.1. The summed E-state index contributed by atoms with van der Waals surface area (Å²) in [6, 6.07) is 6.72. The number of likely N-dealkylation sites (tertiary alicyclic amines) is 1. The summed E-state index contributed by atoms with van der Waals surface area (Å²) in [5.74, 6) is -0.480. The Morgan fingerprint density at radius 3 is 2.56 bits per heavy atom. The number of thiazole rings is 1. The molecular formula is C53H66F3N9O6S. The van der Waals surface area contributed by atoms with Gasteiger partial charge in [0.1, 0.15) is 30.3 Å². The number of aromatic nitrogens is 3. The molecule has 2 aliphatic carbocycles. The Bertz CT molecular complexity index is 2740. The fourth-order valence-electron chi connectivity index (χ4n) is 12.4. The molecule has 386 valence electrons. The van der Waals surface area contributed by atoms with Crippen LogP contribution in [0.3, 0.4) is 0 Å². The highest BCUT2D eigenvalue weighted by Gasteiger charge is 2.57. The van der Waals surface area contributed by atoms with Crippen LogP contribution in [0.5, 0.6) is 0 Å². The van der Waals surface area contributed by atoms with Gasteiger partial charge in [0.05, 0.1) is 54.4 Å². The highest BCUT2D eigenvalue weighted by atomic mass is 32.1. The lowest BCUT2D eigenvalue weighted by atomic mass is 9.84. The maximum absolute atomic E-state index is 15.1. The Morgan fingerprint density at radius 2 is 1.81 bits per heavy atom. The first-order valence-electron chi connectivity index (χ1n) is 26.0. The number of morpholine rings is 1. The van der Waals surface area contributed by atoms with E-state index < -0.39 is 53.7 Å². The highest BCUT2D eigenvalue weighted by molar-refractivity contribution is 7.10. The molecule has 6 bridgehead atoms. The van der Waals surface area contributed by atoms with Gasteiger partial charge in [-0.1, -0.05) is 46.6 Å². The van der Waals surface area contributed by atoms with Gasteiger partial charge in [0.25, 0.3) is 5.91 Å². The number of halogens is 3. The van der Waals surface area contributed by atoms with Crippen LogP contribution in [0.4, 0.5) is 13.2 Å². The molecule has 8 heterocycles. The molecule has 4 saturated heterocycles. The zero-order chi connectivity index (χ0) is 50.3.